The molecule has 1 saturated heterocycles. The molecule has 1 aromatic rings. The molecule has 0 aromatic carbocycles. The molecule has 0 N–H and O–H groups in total. The van der Waals surface area contributed by atoms with Crippen LogP contribution in [0.15, 0.2) is 12.7 Å². The van der Waals surface area contributed by atoms with Crippen molar-refractivity contribution in [2.75, 3.05) is 20.3 Å². The number of aromatic nitrogens is 3. The predicted molar refractivity (Wildman–Crippen MR) is 37.2 cm³/mol. The Hall–Kier alpha value is -1.23. The molecule has 5 nitrogen and oxygen atoms in total. The van der Waals surface area contributed by atoms with Gasteiger partial charge in [-0.25, -0.2) is 4.98 Å². The number of hydrogen-bond acceptors (Lipinski definition) is 5. The van der Waals surface area contributed by atoms with E-state index < -0.39 is 0 Å². The summed E-state index contributed by atoms with van der Waals surface area (Å²) in [7, 11) is 1.51. The lowest BCUT2D eigenvalue weighted by Gasteiger charge is -1.90. The maximum atomic E-state index is 4.65. The van der Waals surface area contributed by atoms with Gasteiger partial charge >= 0.3 is 6.01 Å². The van der Waals surface area contributed by atoms with Gasteiger partial charge < -0.3 is 9.47 Å². The van der Waals surface area contributed by atoms with Gasteiger partial charge in [-0.1, -0.05) is 0 Å². The van der Waals surface area contributed by atoms with Gasteiger partial charge in [0.15, 0.2) is 0 Å². The van der Waals surface area contributed by atoms with Crippen LogP contribution >= 0.6 is 0 Å². The SMILES string of the molecule is C1CO1.COc1ncncn1. The van der Waals surface area contributed by atoms with Crippen molar-refractivity contribution < 1.29 is 9.47 Å². The Labute approximate surface area is 64.4 Å². The van der Waals surface area contributed by atoms with E-state index in [1.165, 1.54) is 19.8 Å². The summed E-state index contributed by atoms with van der Waals surface area (Å²) in [4.78, 5) is 10.9. The highest BCUT2D eigenvalue weighted by Crippen LogP contribution is 1.90. The Morgan fingerprint density at radius 1 is 1.36 bits per heavy atom. The Morgan fingerprint density at radius 2 is 1.91 bits per heavy atom. The molecule has 0 radical (unpaired) electrons. The van der Waals surface area contributed by atoms with Crippen LogP contribution in [0.25, 0.3) is 0 Å². The summed E-state index contributed by atoms with van der Waals surface area (Å²) < 4.78 is 9.15. The lowest BCUT2D eigenvalue weighted by Crippen LogP contribution is -1.89. The highest BCUT2D eigenvalue weighted by molar-refractivity contribution is 4.85. The second kappa shape index (κ2) is 4.56. The third kappa shape index (κ3) is 4.21. The molecule has 2 heterocycles. The van der Waals surface area contributed by atoms with Crippen molar-refractivity contribution in [3.63, 3.8) is 0 Å². The minimum Gasteiger partial charge on any atom is -0.467 e. The van der Waals surface area contributed by atoms with E-state index in [1.54, 1.807) is 0 Å². The zero-order valence-corrected chi connectivity index (χ0v) is 6.23. The van der Waals surface area contributed by atoms with Gasteiger partial charge in [0.1, 0.15) is 12.7 Å². The fraction of sp³-hybridized carbons (Fsp3) is 0.500. The van der Waals surface area contributed by atoms with Crippen LogP contribution in [0.1, 0.15) is 0 Å². The van der Waals surface area contributed by atoms with Crippen LogP contribution in [0.5, 0.6) is 6.01 Å². The van der Waals surface area contributed by atoms with Crippen molar-refractivity contribution in [3.05, 3.63) is 12.7 Å². The van der Waals surface area contributed by atoms with E-state index in [1.807, 2.05) is 0 Å². The molecule has 0 aliphatic carbocycles. The smallest absolute Gasteiger partial charge is 0.319 e. The van der Waals surface area contributed by atoms with Crippen molar-refractivity contribution in [1.29, 1.82) is 0 Å². The van der Waals surface area contributed by atoms with E-state index in [-0.39, 0.29) is 0 Å². The minimum absolute atomic E-state index is 0.347. The molecule has 1 fully saturated rings. The molecule has 1 aliphatic rings. The van der Waals surface area contributed by atoms with Gasteiger partial charge in [-0.2, -0.15) is 9.97 Å². The van der Waals surface area contributed by atoms with Gasteiger partial charge in [0, 0.05) is 0 Å². The molecule has 0 unspecified atom stereocenters. The van der Waals surface area contributed by atoms with Crippen molar-refractivity contribution in [2.45, 2.75) is 0 Å². The average Bonchev–Trinajstić information content (AvgIpc) is 2.92. The van der Waals surface area contributed by atoms with Crippen LogP contribution in [0.3, 0.4) is 0 Å². The van der Waals surface area contributed by atoms with E-state index in [0.29, 0.717) is 6.01 Å². The first-order valence-corrected chi connectivity index (χ1v) is 3.17. The van der Waals surface area contributed by atoms with Gasteiger partial charge in [0.25, 0.3) is 0 Å². The largest absolute Gasteiger partial charge is 0.467 e. The first-order chi connectivity index (χ1) is 5.43. The van der Waals surface area contributed by atoms with Crippen LogP contribution < -0.4 is 4.74 Å². The molecule has 0 spiro atoms. The standard InChI is InChI=1S/C4H5N3O.C2H4O/c1-8-4-6-2-5-3-7-4;1-2-3-1/h2-3H,1H3;1-2H2. The van der Waals surface area contributed by atoms with Gasteiger partial charge in [0.2, 0.25) is 0 Å². The second-order valence-corrected chi connectivity index (χ2v) is 1.74. The third-order valence-corrected chi connectivity index (χ3v) is 0.856. The maximum Gasteiger partial charge on any atom is 0.319 e. The second-order valence-electron chi connectivity index (χ2n) is 1.74. The number of methoxy groups -OCH3 is 1. The fourth-order valence-electron chi connectivity index (χ4n) is 0.334. The van der Waals surface area contributed by atoms with Gasteiger partial charge in [-0.3, -0.25) is 0 Å². The number of rotatable bonds is 1. The van der Waals surface area contributed by atoms with Crippen LogP contribution in [0.2, 0.25) is 0 Å². The number of epoxide rings is 1. The van der Waals surface area contributed by atoms with E-state index in [2.05, 4.69) is 24.4 Å². The molecule has 60 valence electrons. The third-order valence-electron chi connectivity index (χ3n) is 0.856. The predicted octanol–water partition coefficient (Wildman–Crippen LogP) is -0.103. The van der Waals surface area contributed by atoms with Gasteiger partial charge in [0.05, 0.1) is 20.3 Å². The molecule has 11 heavy (non-hydrogen) atoms. The number of hydrogen-bond donors (Lipinski definition) is 0. The Balaban J connectivity index is 0.000000167. The first kappa shape index (κ1) is 7.87. The van der Waals surface area contributed by atoms with Crippen molar-refractivity contribution in [3.8, 4) is 6.01 Å². The summed E-state index contributed by atoms with van der Waals surface area (Å²) >= 11 is 0. The molecular formula is C6H9N3O2. The highest BCUT2D eigenvalue weighted by atomic mass is 16.6. The molecule has 0 atom stereocenters. The number of nitrogens with zero attached hydrogens (tertiary/aromatic N) is 3. The fourth-order valence-corrected chi connectivity index (χ4v) is 0.334. The molecule has 0 bridgehead atoms. The monoisotopic (exact) mass is 155 g/mol. The van der Waals surface area contributed by atoms with Crippen LogP contribution in [0.4, 0.5) is 0 Å². The molecule has 0 amide bonds. The Morgan fingerprint density at radius 3 is 2.18 bits per heavy atom. The van der Waals surface area contributed by atoms with Crippen LogP contribution in [-0.4, -0.2) is 35.3 Å². The Kier molecular flexibility index (Phi) is 3.27. The highest BCUT2D eigenvalue weighted by Gasteiger charge is 1.94. The van der Waals surface area contributed by atoms with Gasteiger partial charge in [-0.15, -0.1) is 0 Å². The molecule has 2 rings (SSSR count). The summed E-state index contributed by atoms with van der Waals surface area (Å²) in [6, 6.07) is 0.347. The summed E-state index contributed by atoms with van der Waals surface area (Å²) in [5.41, 5.74) is 0. The van der Waals surface area contributed by atoms with Gasteiger partial charge in [-0.05, 0) is 0 Å². The van der Waals surface area contributed by atoms with Crippen molar-refractivity contribution in [1.82, 2.24) is 15.0 Å². The normalized spacial score (nSPS) is 12.8. The zero-order chi connectivity index (χ0) is 7.94. The van der Waals surface area contributed by atoms with Crippen molar-refractivity contribution >= 4 is 0 Å². The lowest BCUT2D eigenvalue weighted by atomic mass is 11.0. The van der Waals surface area contributed by atoms with Crippen LogP contribution in [-0.2, 0) is 4.74 Å². The number of ether oxygens (including phenoxy) is 2. The average molecular weight is 155 g/mol. The van der Waals surface area contributed by atoms with E-state index in [0.717, 1.165) is 13.2 Å². The summed E-state index contributed by atoms with van der Waals surface area (Å²) in [5, 5.41) is 0. The maximum absolute atomic E-state index is 4.65. The quantitative estimate of drug-likeness (QED) is 0.530. The Bertz CT molecular complexity index is 188. The molecule has 1 aliphatic heterocycles. The molecule has 5 heteroatoms. The van der Waals surface area contributed by atoms with E-state index in [9.17, 15) is 0 Å². The lowest BCUT2D eigenvalue weighted by molar-refractivity contribution is 0.378. The summed E-state index contributed by atoms with van der Waals surface area (Å²) in [6.07, 6.45) is 2.76. The summed E-state index contributed by atoms with van der Waals surface area (Å²) in [5.74, 6) is 0. The topological polar surface area (TPSA) is 60.4 Å². The zero-order valence-electron chi connectivity index (χ0n) is 6.23. The van der Waals surface area contributed by atoms with E-state index >= 15 is 0 Å². The van der Waals surface area contributed by atoms with Crippen molar-refractivity contribution in [2.24, 2.45) is 0 Å². The summed E-state index contributed by atoms with van der Waals surface area (Å²) in [6.45, 7) is 2.00. The first-order valence-electron chi connectivity index (χ1n) is 3.17. The minimum atomic E-state index is 0.347. The van der Waals surface area contributed by atoms with E-state index in [4.69, 9.17) is 0 Å². The molecular weight excluding hydrogens is 146 g/mol. The van der Waals surface area contributed by atoms with Crippen LogP contribution in [0, 0.1) is 0 Å². The molecule has 0 saturated carbocycles. The molecule has 1 aromatic heterocycles.